The molecule has 0 aliphatic heterocycles. The molecule has 0 radical (unpaired) electrons. The Morgan fingerprint density at radius 2 is 1.45 bits per heavy atom. The highest BCUT2D eigenvalue weighted by Crippen LogP contribution is 2.24. The highest BCUT2D eigenvalue weighted by molar-refractivity contribution is 9.10. The lowest BCUT2D eigenvalue weighted by molar-refractivity contribution is -0.107. The van der Waals surface area contributed by atoms with Gasteiger partial charge in [0.25, 0.3) is 0 Å². The summed E-state index contributed by atoms with van der Waals surface area (Å²) in [4.78, 5) is 15.0. The van der Waals surface area contributed by atoms with Crippen LogP contribution in [0.4, 0.5) is 0 Å². The fourth-order valence-corrected chi connectivity index (χ4v) is 2.55. The number of hydrogen-bond donors (Lipinski definition) is 0. The van der Waals surface area contributed by atoms with Gasteiger partial charge in [-0.05, 0) is 29.3 Å². The smallest absolute Gasteiger partial charge is 0.124 e. The Kier molecular flexibility index (Phi) is 4.45. The highest BCUT2D eigenvalue weighted by atomic mass is 79.9. The second-order valence-corrected chi connectivity index (χ2v) is 5.92. The second-order valence-electron chi connectivity index (χ2n) is 5.01. The van der Waals surface area contributed by atoms with Crippen LogP contribution in [0.2, 0.25) is 0 Å². The maximum absolute atomic E-state index is 10.5. The standard InChI is InChI=1S/C19H14BrNO/c20-18-8-5-15(6-9-18)17-7-10-19(21-13-17)16-3-1-14(2-4-16)11-12-22/h1-10,12-13H,11H2. The van der Waals surface area contributed by atoms with Gasteiger partial charge in [-0.2, -0.15) is 0 Å². The van der Waals surface area contributed by atoms with Crippen LogP contribution in [0.15, 0.2) is 71.3 Å². The summed E-state index contributed by atoms with van der Waals surface area (Å²) >= 11 is 3.44. The van der Waals surface area contributed by atoms with E-state index in [1.54, 1.807) is 0 Å². The Balaban J connectivity index is 1.84. The molecule has 0 saturated carbocycles. The van der Waals surface area contributed by atoms with Gasteiger partial charge in [-0.3, -0.25) is 4.98 Å². The molecule has 1 heterocycles. The Morgan fingerprint density at radius 3 is 2.05 bits per heavy atom. The van der Waals surface area contributed by atoms with Crippen LogP contribution in [0.25, 0.3) is 22.4 Å². The molecule has 2 nitrogen and oxygen atoms in total. The van der Waals surface area contributed by atoms with Gasteiger partial charge in [-0.15, -0.1) is 0 Å². The molecule has 108 valence electrons. The molecule has 0 fully saturated rings. The summed E-state index contributed by atoms with van der Waals surface area (Å²) in [6.07, 6.45) is 3.26. The minimum absolute atomic E-state index is 0.455. The lowest BCUT2D eigenvalue weighted by Crippen LogP contribution is -1.88. The van der Waals surface area contributed by atoms with Crippen molar-refractivity contribution in [2.24, 2.45) is 0 Å². The Morgan fingerprint density at radius 1 is 0.818 bits per heavy atom. The molecule has 0 aliphatic rings. The van der Waals surface area contributed by atoms with Gasteiger partial charge in [0.2, 0.25) is 0 Å². The van der Waals surface area contributed by atoms with Crippen LogP contribution in [-0.2, 0) is 11.2 Å². The topological polar surface area (TPSA) is 30.0 Å². The van der Waals surface area contributed by atoms with Gasteiger partial charge in [-0.1, -0.05) is 58.4 Å². The summed E-state index contributed by atoms with van der Waals surface area (Å²) < 4.78 is 1.07. The number of aldehydes is 1. The molecular weight excluding hydrogens is 338 g/mol. The predicted octanol–water partition coefficient (Wildman–Crippen LogP) is 4.92. The lowest BCUT2D eigenvalue weighted by atomic mass is 10.0. The Labute approximate surface area is 138 Å². The van der Waals surface area contributed by atoms with Crippen molar-refractivity contribution >= 4 is 22.2 Å². The van der Waals surface area contributed by atoms with Crippen LogP contribution >= 0.6 is 15.9 Å². The fourth-order valence-electron chi connectivity index (χ4n) is 2.29. The first kappa shape index (κ1) is 14.7. The molecule has 0 amide bonds. The van der Waals surface area contributed by atoms with Gasteiger partial charge in [0, 0.05) is 28.2 Å². The van der Waals surface area contributed by atoms with Crippen molar-refractivity contribution in [3.8, 4) is 22.4 Å². The molecule has 0 aliphatic carbocycles. The van der Waals surface area contributed by atoms with Crippen molar-refractivity contribution in [2.45, 2.75) is 6.42 Å². The van der Waals surface area contributed by atoms with Gasteiger partial charge in [0.1, 0.15) is 6.29 Å². The molecule has 2 aromatic carbocycles. The number of halogens is 1. The highest BCUT2D eigenvalue weighted by Gasteiger charge is 2.02. The monoisotopic (exact) mass is 351 g/mol. The van der Waals surface area contributed by atoms with Crippen molar-refractivity contribution in [1.29, 1.82) is 0 Å². The van der Waals surface area contributed by atoms with Gasteiger partial charge < -0.3 is 4.79 Å². The van der Waals surface area contributed by atoms with Crippen LogP contribution in [0, 0.1) is 0 Å². The van der Waals surface area contributed by atoms with E-state index in [2.05, 4.69) is 39.1 Å². The maximum Gasteiger partial charge on any atom is 0.124 e. The summed E-state index contributed by atoms with van der Waals surface area (Å²) in [5.74, 6) is 0. The zero-order chi connectivity index (χ0) is 15.4. The van der Waals surface area contributed by atoms with E-state index in [0.717, 1.165) is 38.7 Å². The average molecular weight is 352 g/mol. The van der Waals surface area contributed by atoms with E-state index in [1.165, 1.54) is 0 Å². The summed E-state index contributed by atoms with van der Waals surface area (Å²) in [6.45, 7) is 0. The van der Waals surface area contributed by atoms with Crippen molar-refractivity contribution in [1.82, 2.24) is 4.98 Å². The summed E-state index contributed by atoms with van der Waals surface area (Å²) in [5.41, 5.74) is 5.23. The molecule has 22 heavy (non-hydrogen) atoms. The normalized spacial score (nSPS) is 10.4. The zero-order valence-corrected chi connectivity index (χ0v) is 13.5. The maximum atomic E-state index is 10.5. The summed E-state index contributed by atoms with van der Waals surface area (Å²) in [6, 6.07) is 20.2. The van der Waals surface area contributed by atoms with Crippen LogP contribution in [-0.4, -0.2) is 11.3 Å². The molecular formula is C19H14BrNO. The second kappa shape index (κ2) is 6.67. The number of aromatic nitrogens is 1. The molecule has 0 N–H and O–H groups in total. The average Bonchev–Trinajstić information content (AvgIpc) is 2.57. The van der Waals surface area contributed by atoms with E-state index in [-0.39, 0.29) is 0 Å². The molecule has 0 atom stereocenters. The van der Waals surface area contributed by atoms with Gasteiger partial charge >= 0.3 is 0 Å². The first-order valence-electron chi connectivity index (χ1n) is 7.01. The first-order chi connectivity index (χ1) is 10.8. The van der Waals surface area contributed by atoms with Crippen molar-refractivity contribution in [3.05, 3.63) is 76.9 Å². The zero-order valence-electron chi connectivity index (χ0n) is 11.9. The van der Waals surface area contributed by atoms with Gasteiger partial charge in [0.15, 0.2) is 0 Å². The molecule has 0 spiro atoms. The molecule has 0 saturated heterocycles. The SMILES string of the molecule is O=CCc1ccc(-c2ccc(-c3ccc(Br)cc3)cn2)cc1. The molecule has 3 aromatic rings. The number of nitrogens with zero attached hydrogens (tertiary/aromatic N) is 1. The van der Waals surface area contributed by atoms with Crippen molar-refractivity contribution < 1.29 is 4.79 Å². The lowest BCUT2D eigenvalue weighted by Gasteiger charge is -2.05. The number of pyridine rings is 1. The minimum Gasteiger partial charge on any atom is -0.303 e. The number of carbonyl (C=O) groups is 1. The van der Waals surface area contributed by atoms with E-state index in [9.17, 15) is 4.79 Å². The van der Waals surface area contributed by atoms with Crippen LogP contribution in [0.5, 0.6) is 0 Å². The third-order valence-corrected chi connectivity index (χ3v) is 4.04. The fraction of sp³-hybridized carbons (Fsp3) is 0.0526. The Hall–Kier alpha value is -2.26. The molecule has 1 aromatic heterocycles. The predicted molar refractivity (Wildman–Crippen MR) is 92.6 cm³/mol. The number of hydrogen-bond acceptors (Lipinski definition) is 2. The number of benzene rings is 2. The number of rotatable bonds is 4. The quantitative estimate of drug-likeness (QED) is 0.624. The molecule has 3 rings (SSSR count). The van der Waals surface area contributed by atoms with E-state index in [1.807, 2.05) is 48.7 Å². The molecule has 3 heteroatoms. The van der Waals surface area contributed by atoms with Crippen LogP contribution < -0.4 is 0 Å². The van der Waals surface area contributed by atoms with Gasteiger partial charge in [0.05, 0.1) is 5.69 Å². The van der Waals surface area contributed by atoms with Gasteiger partial charge in [-0.25, -0.2) is 0 Å². The summed E-state index contributed by atoms with van der Waals surface area (Å²) in [7, 11) is 0. The van der Waals surface area contributed by atoms with Crippen molar-refractivity contribution in [3.63, 3.8) is 0 Å². The molecule has 0 bridgehead atoms. The van der Waals surface area contributed by atoms with Crippen LogP contribution in [0.1, 0.15) is 5.56 Å². The van der Waals surface area contributed by atoms with E-state index < -0.39 is 0 Å². The largest absolute Gasteiger partial charge is 0.303 e. The first-order valence-corrected chi connectivity index (χ1v) is 7.80. The Bertz CT molecular complexity index is 762. The van der Waals surface area contributed by atoms with E-state index in [4.69, 9.17) is 0 Å². The molecule has 0 unspecified atom stereocenters. The van der Waals surface area contributed by atoms with E-state index in [0.29, 0.717) is 6.42 Å². The van der Waals surface area contributed by atoms with E-state index >= 15 is 0 Å². The third kappa shape index (κ3) is 3.31. The van der Waals surface area contributed by atoms with Crippen LogP contribution in [0.3, 0.4) is 0 Å². The summed E-state index contributed by atoms with van der Waals surface area (Å²) in [5, 5.41) is 0. The van der Waals surface area contributed by atoms with Crippen molar-refractivity contribution in [2.75, 3.05) is 0 Å². The number of carbonyl (C=O) groups excluding carboxylic acids is 1. The third-order valence-electron chi connectivity index (χ3n) is 3.51. The minimum atomic E-state index is 0.455.